The SMILES string of the molecule is N#Cc1cc(O)c(Sc2cc(Cl)ccc2O)cc1Cl. The standard InChI is InChI=1S/C13H7Cl2NO2S/c14-8-1-2-10(17)12(4-8)19-13-5-9(15)7(6-16)3-11(13)18/h1-5,17-18H. The molecule has 0 atom stereocenters. The van der Waals surface area contributed by atoms with E-state index in [2.05, 4.69) is 0 Å². The highest BCUT2D eigenvalue weighted by atomic mass is 35.5. The molecule has 0 spiro atoms. The molecule has 0 saturated carbocycles. The van der Waals surface area contributed by atoms with Crippen LogP contribution in [-0.4, -0.2) is 10.2 Å². The minimum absolute atomic E-state index is 0.0503. The maximum Gasteiger partial charge on any atom is 0.130 e. The van der Waals surface area contributed by atoms with E-state index in [1.807, 2.05) is 6.07 Å². The van der Waals surface area contributed by atoms with Crippen LogP contribution in [-0.2, 0) is 0 Å². The Hall–Kier alpha value is -1.54. The summed E-state index contributed by atoms with van der Waals surface area (Å²) in [4.78, 5) is 0.921. The predicted octanol–water partition coefficient (Wildman–Crippen LogP) is 4.43. The lowest BCUT2D eigenvalue weighted by Gasteiger charge is -2.08. The molecule has 0 heterocycles. The van der Waals surface area contributed by atoms with Crippen LogP contribution in [0.4, 0.5) is 0 Å². The Kier molecular flexibility index (Phi) is 4.11. The van der Waals surface area contributed by atoms with Gasteiger partial charge in [-0.25, -0.2) is 0 Å². The molecule has 0 fully saturated rings. The summed E-state index contributed by atoms with van der Waals surface area (Å²) in [6.07, 6.45) is 0. The molecule has 0 aliphatic heterocycles. The van der Waals surface area contributed by atoms with Crippen molar-refractivity contribution in [1.29, 1.82) is 5.26 Å². The Morgan fingerprint density at radius 2 is 1.68 bits per heavy atom. The van der Waals surface area contributed by atoms with Crippen molar-refractivity contribution in [2.24, 2.45) is 0 Å². The van der Waals surface area contributed by atoms with Crippen LogP contribution in [0.15, 0.2) is 40.1 Å². The minimum atomic E-state index is -0.0784. The van der Waals surface area contributed by atoms with Gasteiger partial charge >= 0.3 is 0 Å². The Bertz CT molecular complexity index is 683. The summed E-state index contributed by atoms with van der Waals surface area (Å²) in [6, 6.07) is 9.24. The van der Waals surface area contributed by atoms with E-state index in [0.717, 1.165) is 11.8 Å². The number of nitrogens with zero attached hydrogens (tertiary/aromatic N) is 1. The fourth-order valence-electron chi connectivity index (χ4n) is 1.40. The predicted molar refractivity (Wildman–Crippen MR) is 75.1 cm³/mol. The molecule has 96 valence electrons. The van der Waals surface area contributed by atoms with Crippen molar-refractivity contribution in [1.82, 2.24) is 0 Å². The molecule has 0 amide bonds. The van der Waals surface area contributed by atoms with Crippen LogP contribution in [0, 0.1) is 11.3 Å². The van der Waals surface area contributed by atoms with E-state index in [1.165, 1.54) is 18.2 Å². The molecule has 0 aromatic heterocycles. The van der Waals surface area contributed by atoms with Gasteiger partial charge in [0.25, 0.3) is 0 Å². The second-order valence-corrected chi connectivity index (χ2v) is 5.55. The number of phenolic OH excluding ortho intramolecular Hbond substituents is 2. The molecule has 6 heteroatoms. The summed E-state index contributed by atoms with van der Waals surface area (Å²) < 4.78 is 0. The van der Waals surface area contributed by atoms with E-state index >= 15 is 0 Å². The summed E-state index contributed by atoms with van der Waals surface area (Å²) in [7, 11) is 0. The average Bonchev–Trinajstić information content (AvgIpc) is 2.37. The van der Waals surface area contributed by atoms with Crippen molar-refractivity contribution < 1.29 is 10.2 Å². The molecule has 0 aliphatic carbocycles. The average molecular weight is 312 g/mol. The van der Waals surface area contributed by atoms with Gasteiger partial charge in [-0.1, -0.05) is 35.0 Å². The van der Waals surface area contributed by atoms with Gasteiger partial charge in [0.15, 0.2) is 0 Å². The lowest BCUT2D eigenvalue weighted by atomic mass is 10.2. The normalized spacial score (nSPS) is 10.2. The zero-order valence-electron chi connectivity index (χ0n) is 9.39. The third kappa shape index (κ3) is 3.07. The van der Waals surface area contributed by atoms with Gasteiger partial charge < -0.3 is 10.2 Å². The van der Waals surface area contributed by atoms with Crippen molar-refractivity contribution in [3.63, 3.8) is 0 Å². The van der Waals surface area contributed by atoms with Crippen LogP contribution in [0.2, 0.25) is 10.0 Å². The van der Waals surface area contributed by atoms with Crippen molar-refractivity contribution >= 4 is 35.0 Å². The van der Waals surface area contributed by atoms with E-state index in [-0.39, 0.29) is 22.1 Å². The second-order valence-electron chi connectivity index (χ2n) is 3.63. The van der Waals surface area contributed by atoms with Crippen LogP contribution < -0.4 is 0 Å². The summed E-state index contributed by atoms with van der Waals surface area (Å²) >= 11 is 12.9. The Balaban J connectivity index is 2.42. The monoisotopic (exact) mass is 311 g/mol. The molecule has 0 bridgehead atoms. The van der Waals surface area contributed by atoms with Crippen LogP contribution in [0.5, 0.6) is 11.5 Å². The van der Waals surface area contributed by atoms with Gasteiger partial charge in [-0.05, 0) is 24.3 Å². The molecule has 2 N–H and O–H groups in total. The molecule has 2 aromatic carbocycles. The van der Waals surface area contributed by atoms with E-state index in [0.29, 0.717) is 14.8 Å². The molecular weight excluding hydrogens is 305 g/mol. The molecule has 3 nitrogen and oxygen atoms in total. The van der Waals surface area contributed by atoms with Gasteiger partial charge in [-0.2, -0.15) is 5.26 Å². The van der Waals surface area contributed by atoms with Crippen molar-refractivity contribution in [3.05, 3.63) is 45.9 Å². The lowest BCUT2D eigenvalue weighted by Crippen LogP contribution is -1.82. The third-order valence-electron chi connectivity index (χ3n) is 2.31. The van der Waals surface area contributed by atoms with Crippen LogP contribution in [0.3, 0.4) is 0 Å². The summed E-state index contributed by atoms with van der Waals surface area (Å²) in [5.74, 6) is -0.0281. The molecule has 0 aliphatic rings. The number of halogens is 2. The molecule has 2 rings (SSSR count). The van der Waals surface area contributed by atoms with Crippen molar-refractivity contribution in [3.8, 4) is 17.6 Å². The number of hydrogen-bond donors (Lipinski definition) is 2. The van der Waals surface area contributed by atoms with Crippen LogP contribution in [0.1, 0.15) is 5.56 Å². The minimum Gasteiger partial charge on any atom is -0.507 e. The summed E-state index contributed by atoms with van der Waals surface area (Å²) in [5.41, 5.74) is 0.193. The molecule has 0 unspecified atom stereocenters. The molecular formula is C13H7Cl2NO2S. The first kappa shape index (κ1) is 13.9. The quantitative estimate of drug-likeness (QED) is 0.861. The number of phenols is 2. The summed E-state index contributed by atoms with van der Waals surface area (Å²) in [6.45, 7) is 0. The fraction of sp³-hybridized carbons (Fsp3) is 0. The lowest BCUT2D eigenvalue weighted by molar-refractivity contribution is 0.460. The highest BCUT2D eigenvalue weighted by Gasteiger charge is 2.11. The summed E-state index contributed by atoms with van der Waals surface area (Å²) in [5, 5.41) is 29.0. The van der Waals surface area contributed by atoms with Gasteiger partial charge in [-0.3, -0.25) is 0 Å². The maximum absolute atomic E-state index is 9.82. The highest BCUT2D eigenvalue weighted by molar-refractivity contribution is 7.99. The molecule has 0 radical (unpaired) electrons. The Labute approximate surface area is 124 Å². The third-order valence-corrected chi connectivity index (χ3v) is 3.95. The first-order chi connectivity index (χ1) is 9.01. The van der Waals surface area contributed by atoms with E-state index < -0.39 is 0 Å². The Morgan fingerprint density at radius 1 is 1.00 bits per heavy atom. The van der Waals surface area contributed by atoms with Gasteiger partial charge in [0.1, 0.15) is 17.6 Å². The molecule has 2 aromatic rings. The first-order valence-electron chi connectivity index (χ1n) is 5.10. The van der Waals surface area contributed by atoms with Gasteiger partial charge in [0.2, 0.25) is 0 Å². The number of benzene rings is 2. The number of rotatable bonds is 2. The van der Waals surface area contributed by atoms with E-state index in [1.54, 1.807) is 12.1 Å². The number of aromatic hydroxyl groups is 2. The second kappa shape index (κ2) is 5.62. The van der Waals surface area contributed by atoms with Crippen molar-refractivity contribution in [2.75, 3.05) is 0 Å². The zero-order valence-corrected chi connectivity index (χ0v) is 11.7. The molecule has 19 heavy (non-hydrogen) atoms. The van der Waals surface area contributed by atoms with Crippen molar-refractivity contribution in [2.45, 2.75) is 9.79 Å². The first-order valence-corrected chi connectivity index (χ1v) is 6.67. The molecule has 0 saturated heterocycles. The van der Waals surface area contributed by atoms with Gasteiger partial charge in [0.05, 0.1) is 20.4 Å². The van der Waals surface area contributed by atoms with Gasteiger partial charge in [0, 0.05) is 11.1 Å². The van der Waals surface area contributed by atoms with Crippen LogP contribution in [0.25, 0.3) is 0 Å². The fourth-order valence-corrected chi connectivity index (χ4v) is 2.84. The maximum atomic E-state index is 9.82. The van der Waals surface area contributed by atoms with Crippen LogP contribution >= 0.6 is 35.0 Å². The number of nitriles is 1. The van der Waals surface area contributed by atoms with E-state index in [4.69, 9.17) is 28.5 Å². The van der Waals surface area contributed by atoms with E-state index in [9.17, 15) is 10.2 Å². The van der Waals surface area contributed by atoms with Gasteiger partial charge in [-0.15, -0.1) is 0 Å². The topological polar surface area (TPSA) is 64.2 Å². The number of hydrogen-bond acceptors (Lipinski definition) is 4. The largest absolute Gasteiger partial charge is 0.507 e. The smallest absolute Gasteiger partial charge is 0.130 e. The zero-order chi connectivity index (χ0) is 14.0. The Morgan fingerprint density at radius 3 is 2.37 bits per heavy atom. The highest BCUT2D eigenvalue weighted by Crippen LogP contribution is 2.41.